The van der Waals surface area contributed by atoms with Gasteiger partial charge in [-0.25, -0.2) is 18.7 Å². The quantitative estimate of drug-likeness (QED) is 0.191. The third-order valence-corrected chi connectivity index (χ3v) is 8.08. The number of likely N-dealkylation sites (tertiary alicyclic amines) is 1. The summed E-state index contributed by atoms with van der Waals surface area (Å²) in [6.45, 7) is 6.29. The molecule has 45 heavy (non-hydrogen) atoms. The number of benzene rings is 3. The van der Waals surface area contributed by atoms with Gasteiger partial charge >= 0.3 is 0 Å². The molecule has 5 aromatic rings. The number of ether oxygens (including phenoxy) is 1. The molecule has 0 aliphatic carbocycles. The van der Waals surface area contributed by atoms with Crippen molar-refractivity contribution < 1.29 is 23.4 Å². The Hall–Kier alpha value is -5.56. The highest BCUT2D eigenvalue weighted by atomic mass is 19.1. The minimum atomic E-state index is -0.542. The number of fused-ring (bicyclic) bond motifs is 1. The first-order valence-electron chi connectivity index (χ1n) is 14.4. The summed E-state index contributed by atoms with van der Waals surface area (Å²) in [6, 6.07) is 21.4. The van der Waals surface area contributed by atoms with Gasteiger partial charge in [-0.15, -0.1) is 0 Å². The molecule has 6 rings (SSSR count). The molecule has 3 aromatic carbocycles. The average Bonchev–Trinajstić information content (AvgIpc) is 3.35. The largest absolute Gasteiger partial charge is 0.508 e. The summed E-state index contributed by atoms with van der Waals surface area (Å²) in [6.07, 6.45) is 1.06. The fourth-order valence-electron chi connectivity index (χ4n) is 5.51. The van der Waals surface area contributed by atoms with Gasteiger partial charge in [-0.2, -0.15) is 5.26 Å². The molecule has 0 radical (unpaired) electrons. The Bertz CT molecular complexity index is 2000. The number of carbonyl (C=O) groups excluding carboxylic acids is 1. The van der Waals surface area contributed by atoms with Gasteiger partial charge in [-0.05, 0) is 54.4 Å². The molecule has 226 valence electrons. The number of nitriles is 1. The van der Waals surface area contributed by atoms with E-state index in [0.29, 0.717) is 46.8 Å². The maximum atomic E-state index is 15.6. The van der Waals surface area contributed by atoms with Crippen molar-refractivity contribution in [2.75, 3.05) is 6.54 Å². The Labute approximate surface area is 258 Å². The molecule has 2 aromatic heterocycles. The van der Waals surface area contributed by atoms with Gasteiger partial charge in [0.25, 0.3) is 0 Å². The van der Waals surface area contributed by atoms with Crippen LogP contribution in [0.3, 0.4) is 0 Å². The Kier molecular flexibility index (Phi) is 8.00. The number of pyridine rings is 1. The van der Waals surface area contributed by atoms with Crippen molar-refractivity contribution in [3.05, 3.63) is 119 Å². The molecule has 8 nitrogen and oxygen atoms in total. The summed E-state index contributed by atoms with van der Waals surface area (Å²) < 4.78 is 37.6. The molecule has 1 fully saturated rings. The normalized spacial score (nSPS) is 14.2. The van der Waals surface area contributed by atoms with Crippen molar-refractivity contribution in [1.29, 1.82) is 5.26 Å². The van der Waals surface area contributed by atoms with Gasteiger partial charge in [0.15, 0.2) is 0 Å². The average molecular weight is 606 g/mol. The third-order valence-electron chi connectivity index (χ3n) is 8.08. The van der Waals surface area contributed by atoms with E-state index in [-0.39, 0.29) is 47.7 Å². The highest BCUT2D eigenvalue weighted by Gasteiger charge is 2.31. The molecule has 0 spiro atoms. The fraction of sp³-hybridized carbons (Fsp3) is 0.200. The predicted molar refractivity (Wildman–Crippen MR) is 165 cm³/mol. The number of hydrogen-bond acceptors (Lipinski definition) is 6. The van der Waals surface area contributed by atoms with E-state index in [4.69, 9.17) is 15.0 Å². The number of nitrogens with zero attached hydrogens (tertiary/aromatic N) is 5. The van der Waals surface area contributed by atoms with E-state index < -0.39 is 11.6 Å². The van der Waals surface area contributed by atoms with Gasteiger partial charge in [-0.3, -0.25) is 4.79 Å². The molecule has 0 saturated carbocycles. The number of carbonyl (C=O) groups is 1. The smallest absolute Gasteiger partial charge is 0.219 e. The molecular formula is C35H29F2N5O3. The Morgan fingerprint density at radius 2 is 1.87 bits per heavy atom. The predicted octanol–water partition coefficient (Wildman–Crippen LogP) is 6.57. The zero-order chi connectivity index (χ0) is 31.7. The second kappa shape index (κ2) is 12.2. The zero-order valence-electron chi connectivity index (χ0n) is 24.5. The highest BCUT2D eigenvalue weighted by Crippen LogP contribution is 2.29. The van der Waals surface area contributed by atoms with Gasteiger partial charge in [0, 0.05) is 49.2 Å². The fourth-order valence-corrected chi connectivity index (χ4v) is 5.51. The van der Waals surface area contributed by atoms with Gasteiger partial charge in [0.2, 0.25) is 11.8 Å². The summed E-state index contributed by atoms with van der Waals surface area (Å²) >= 11 is 0. The van der Waals surface area contributed by atoms with Crippen LogP contribution < -0.4 is 4.74 Å². The highest BCUT2D eigenvalue weighted by molar-refractivity contribution is 5.80. The monoisotopic (exact) mass is 605 g/mol. The third kappa shape index (κ3) is 6.10. The van der Waals surface area contributed by atoms with Crippen LogP contribution in [0.2, 0.25) is 0 Å². The molecule has 1 amide bonds. The van der Waals surface area contributed by atoms with E-state index in [0.717, 1.165) is 18.0 Å². The van der Waals surface area contributed by atoms with Crippen molar-refractivity contribution in [3.63, 3.8) is 0 Å². The van der Waals surface area contributed by atoms with Crippen LogP contribution in [0.4, 0.5) is 8.78 Å². The topological polar surface area (TPSA) is 104 Å². The number of halogens is 2. The van der Waals surface area contributed by atoms with Crippen LogP contribution in [0.1, 0.15) is 41.4 Å². The zero-order valence-corrected chi connectivity index (χ0v) is 24.5. The van der Waals surface area contributed by atoms with Crippen LogP contribution in [0.25, 0.3) is 28.0 Å². The van der Waals surface area contributed by atoms with Crippen LogP contribution in [-0.2, 0) is 24.4 Å². The maximum absolute atomic E-state index is 15.6. The Balaban J connectivity index is 1.24. The molecule has 1 saturated heterocycles. The van der Waals surface area contributed by atoms with Crippen molar-refractivity contribution in [2.45, 2.75) is 39.0 Å². The van der Waals surface area contributed by atoms with E-state index in [1.54, 1.807) is 55.5 Å². The number of rotatable bonds is 9. The molecule has 10 heteroatoms. The molecule has 0 bridgehead atoms. The molecule has 3 heterocycles. The van der Waals surface area contributed by atoms with Crippen molar-refractivity contribution in [1.82, 2.24) is 19.4 Å². The van der Waals surface area contributed by atoms with Gasteiger partial charge in [0.1, 0.15) is 29.8 Å². The van der Waals surface area contributed by atoms with Crippen molar-refractivity contribution >= 4 is 22.7 Å². The van der Waals surface area contributed by atoms with Crippen LogP contribution in [0.15, 0.2) is 79.4 Å². The summed E-state index contributed by atoms with van der Waals surface area (Å²) in [5.41, 5.74) is 3.99. The van der Waals surface area contributed by atoms with Crippen LogP contribution in [0, 0.1) is 23.0 Å². The van der Waals surface area contributed by atoms with Crippen molar-refractivity contribution in [2.24, 2.45) is 0 Å². The van der Waals surface area contributed by atoms with E-state index in [2.05, 4.69) is 11.6 Å². The van der Waals surface area contributed by atoms with Crippen LogP contribution >= 0.6 is 0 Å². The summed E-state index contributed by atoms with van der Waals surface area (Å²) in [5, 5.41) is 18.9. The molecule has 1 aliphatic rings. The first-order valence-corrected chi connectivity index (χ1v) is 14.4. The molecule has 1 N–H and O–H groups in total. The minimum absolute atomic E-state index is 0.000770. The first kappa shape index (κ1) is 29.5. The van der Waals surface area contributed by atoms with E-state index in [1.807, 2.05) is 15.5 Å². The lowest BCUT2D eigenvalue weighted by Gasteiger charge is -2.41. The number of aliphatic hydroxyl groups excluding tert-OH is 1. The summed E-state index contributed by atoms with van der Waals surface area (Å²) in [5.74, 6) is -0.151. The Morgan fingerprint density at radius 3 is 2.56 bits per heavy atom. The van der Waals surface area contributed by atoms with E-state index in [1.165, 1.54) is 18.2 Å². The van der Waals surface area contributed by atoms with Gasteiger partial charge in [0.05, 0.1) is 34.4 Å². The summed E-state index contributed by atoms with van der Waals surface area (Å²) in [4.78, 5) is 23.1. The lowest BCUT2D eigenvalue weighted by atomic mass is 10.0. The number of aliphatic hydroxyl groups is 1. The lowest BCUT2D eigenvalue weighted by molar-refractivity contribution is -0.136. The molecule has 1 aliphatic heterocycles. The standard InChI is InChI=1S/C35H29F2N5O3/c1-21(43)24-10-11-32-33(16-24)42(19-28-12-13-41(28)22(2)44)34(39-32)17-25-8-9-26(15-30(25)37)31-4-3-5-35(40-31)45-20-27-7-6-23(18-38)14-29(27)36/h3-11,14-16,28,43H,1,12-13,17,19-20H2,2H3/t28-/m1/s1. The molecule has 1 atom stereocenters. The van der Waals surface area contributed by atoms with E-state index in [9.17, 15) is 14.3 Å². The first-order chi connectivity index (χ1) is 21.7. The van der Waals surface area contributed by atoms with Gasteiger partial charge in [-0.1, -0.05) is 30.8 Å². The summed E-state index contributed by atoms with van der Waals surface area (Å²) in [7, 11) is 0. The lowest BCUT2D eigenvalue weighted by Crippen LogP contribution is -2.52. The second-order valence-corrected chi connectivity index (χ2v) is 11.0. The van der Waals surface area contributed by atoms with Crippen LogP contribution in [-0.4, -0.2) is 43.0 Å². The number of imidazole rings is 1. The van der Waals surface area contributed by atoms with Crippen LogP contribution in [0.5, 0.6) is 5.88 Å². The second-order valence-electron chi connectivity index (χ2n) is 11.0. The van der Waals surface area contributed by atoms with Gasteiger partial charge < -0.3 is 19.3 Å². The van der Waals surface area contributed by atoms with Crippen molar-refractivity contribution in [3.8, 4) is 23.2 Å². The number of aromatic nitrogens is 3. The van der Waals surface area contributed by atoms with E-state index >= 15 is 4.39 Å². The molecule has 0 unspecified atom stereocenters. The minimum Gasteiger partial charge on any atom is -0.508 e. The number of hydrogen-bond donors (Lipinski definition) is 1. The number of amides is 1. The Morgan fingerprint density at radius 1 is 1.07 bits per heavy atom. The SMILES string of the molecule is C=C(O)c1ccc2nc(Cc3ccc(-c4cccc(OCc5ccc(C#N)cc5F)n4)cc3F)n(C[C@H]3CCN3C(C)=O)c2c1. The maximum Gasteiger partial charge on any atom is 0.219 e. The molecular weight excluding hydrogens is 576 g/mol.